The maximum Gasteiger partial charge on any atom is 0.267 e. The lowest BCUT2D eigenvalue weighted by molar-refractivity contribution is -0.114. The predicted molar refractivity (Wildman–Crippen MR) is 94.5 cm³/mol. The largest absolute Gasteiger partial charge is 0.493 e. The molecular weight excluding hydrogens is 308 g/mol. The molecule has 4 rings (SSSR count). The summed E-state index contributed by atoms with van der Waals surface area (Å²) in [6, 6.07) is 15.7. The number of hydrogen-bond donors (Lipinski definition) is 1. The van der Waals surface area contributed by atoms with Gasteiger partial charge in [-0.2, -0.15) is 0 Å². The second kappa shape index (κ2) is 5.66. The van der Waals surface area contributed by atoms with Crippen molar-refractivity contribution in [3.05, 3.63) is 59.0 Å². The summed E-state index contributed by atoms with van der Waals surface area (Å²) in [5, 5.41) is 3.38. The molecule has 0 spiro atoms. The van der Waals surface area contributed by atoms with Gasteiger partial charge in [0.1, 0.15) is 5.75 Å². The molecule has 0 saturated carbocycles. The van der Waals surface area contributed by atoms with E-state index < -0.39 is 0 Å². The van der Waals surface area contributed by atoms with Gasteiger partial charge in [0.15, 0.2) is 5.50 Å². The summed E-state index contributed by atoms with van der Waals surface area (Å²) < 4.78 is 5.64. The number of rotatable bonds is 3. The third kappa shape index (κ3) is 2.37. The maximum atomic E-state index is 12.8. The number of carbonyl (C=O) groups excluding carboxylic acids is 1. The number of hydrogen-bond acceptors (Lipinski definition) is 4. The number of amides is 1. The van der Waals surface area contributed by atoms with Crippen molar-refractivity contribution in [2.24, 2.45) is 0 Å². The van der Waals surface area contributed by atoms with Gasteiger partial charge in [-0.25, -0.2) is 0 Å². The molecule has 1 fully saturated rings. The van der Waals surface area contributed by atoms with Crippen LogP contribution in [0.3, 0.4) is 0 Å². The second-order valence-electron chi connectivity index (χ2n) is 5.29. The molecule has 0 aliphatic carbocycles. The Morgan fingerprint density at radius 2 is 2.00 bits per heavy atom. The Morgan fingerprint density at radius 3 is 2.87 bits per heavy atom. The SMILES string of the molecule is CCOc1ccccc1/C=C1\SC2Nc3ccccc3N2C1=O. The highest BCUT2D eigenvalue weighted by Gasteiger charge is 2.42. The minimum atomic E-state index is -0.0644. The van der Waals surface area contributed by atoms with Gasteiger partial charge in [-0.15, -0.1) is 0 Å². The number of para-hydroxylation sites is 3. The van der Waals surface area contributed by atoms with Crippen molar-refractivity contribution in [3.8, 4) is 5.75 Å². The molecule has 2 aliphatic heterocycles. The van der Waals surface area contributed by atoms with Gasteiger partial charge in [0.05, 0.1) is 22.9 Å². The molecule has 1 amide bonds. The lowest BCUT2D eigenvalue weighted by atomic mass is 10.2. The Hall–Kier alpha value is -2.40. The zero-order chi connectivity index (χ0) is 15.8. The fraction of sp³-hybridized carbons (Fsp3) is 0.167. The fourth-order valence-corrected chi connectivity index (χ4v) is 3.98. The zero-order valence-electron chi connectivity index (χ0n) is 12.7. The number of ether oxygens (including phenoxy) is 1. The van der Waals surface area contributed by atoms with E-state index in [2.05, 4.69) is 5.32 Å². The molecule has 1 saturated heterocycles. The first-order valence-electron chi connectivity index (χ1n) is 7.57. The van der Waals surface area contributed by atoms with E-state index in [1.165, 1.54) is 11.8 Å². The number of nitrogens with zero attached hydrogens (tertiary/aromatic N) is 1. The van der Waals surface area contributed by atoms with Crippen LogP contribution in [0.25, 0.3) is 6.08 Å². The molecule has 1 unspecified atom stereocenters. The van der Waals surface area contributed by atoms with Crippen molar-refractivity contribution < 1.29 is 9.53 Å². The Labute approximate surface area is 139 Å². The van der Waals surface area contributed by atoms with Crippen LogP contribution in [-0.2, 0) is 4.79 Å². The minimum absolute atomic E-state index is 0.0313. The van der Waals surface area contributed by atoms with Gasteiger partial charge >= 0.3 is 0 Å². The van der Waals surface area contributed by atoms with Gasteiger partial charge in [-0.1, -0.05) is 42.1 Å². The summed E-state index contributed by atoms with van der Waals surface area (Å²) in [5.74, 6) is 0.833. The fourth-order valence-electron chi connectivity index (χ4n) is 2.84. The van der Waals surface area contributed by atoms with Crippen molar-refractivity contribution >= 4 is 35.1 Å². The van der Waals surface area contributed by atoms with Crippen LogP contribution in [0, 0.1) is 0 Å². The molecule has 0 radical (unpaired) electrons. The molecule has 2 aromatic rings. The molecule has 2 aliphatic rings. The predicted octanol–water partition coefficient (Wildman–Crippen LogP) is 3.92. The first-order chi connectivity index (χ1) is 11.3. The smallest absolute Gasteiger partial charge is 0.267 e. The van der Waals surface area contributed by atoms with Crippen LogP contribution in [0.4, 0.5) is 11.4 Å². The van der Waals surface area contributed by atoms with Crippen LogP contribution >= 0.6 is 11.8 Å². The van der Waals surface area contributed by atoms with Gasteiger partial charge in [0.25, 0.3) is 5.91 Å². The highest BCUT2D eigenvalue weighted by molar-refractivity contribution is 8.05. The Bertz CT molecular complexity index is 803. The molecule has 23 heavy (non-hydrogen) atoms. The monoisotopic (exact) mass is 324 g/mol. The molecule has 5 heteroatoms. The summed E-state index contributed by atoms with van der Waals surface area (Å²) in [6.07, 6.45) is 1.92. The van der Waals surface area contributed by atoms with Crippen LogP contribution in [0.15, 0.2) is 53.4 Å². The first-order valence-corrected chi connectivity index (χ1v) is 8.45. The number of anilines is 2. The molecule has 2 aromatic carbocycles. The second-order valence-corrected chi connectivity index (χ2v) is 6.41. The highest BCUT2D eigenvalue weighted by Crippen LogP contribution is 2.47. The van der Waals surface area contributed by atoms with Crippen LogP contribution < -0.4 is 15.0 Å². The normalized spacial score (nSPS) is 20.4. The number of thioether (sulfide) groups is 1. The van der Waals surface area contributed by atoms with E-state index in [1.807, 2.05) is 66.4 Å². The molecule has 4 nitrogen and oxygen atoms in total. The van der Waals surface area contributed by atoms with Gasteiger partial charge in [0, 0.05) is 5.56 Å². The highest BCUT2D eigenvalue weighted by atomic mass is 32.2. The Morgan fingerprint density at radius 1 is 1.22 bits per heavy atom. The number of carbonyl (C=O) groups is 1. The van der Waals surface area contributed by atoms with Crippen LogP contribution in [0.1, 0.15) is 12.5 Å². The average Bonchev–Trinajstić information content (AvgIpc) is 3.07. The van der Waals surface area contributed by atoms with E-state index in [0.717, 1.165) is 27.6 Å². The number of nitrogens with one attached hydrogen (secondary N) is 1. The van der Waals surface area contributed by atoms with Crippen LogP contribution in [0.2, 0.25) is 0 Å². The van der Waals surface area contributed by atoms with E-state index >= 15 is 0 Å². The summed E-state index contributed by atoms with van der Waals surface area (Å²) in [6.45, 7) is 2.56. The van der Waals surface area contributed by atoms with Crippen molar-refractivity contribution in [1.82, 2.24) is 0 Å². The van der Waals surface area contributed by atoms with Gasteiger partial charge < -0.3 is 10.1 Å². The van der Waals surface area contributed by atoms with Crippen molar-refractivity contribution in [2.75, 3.05) is 16.8 Å². The lowest BCUT2D eigenvalue weighted by Gasteiger charge is -2.12. The lowest BCUT2D eigenvalue weighted by Crippen LogP contribution is -2.31. The first kappa shape index (κ1) is 14.2. The third-order valence-electron chi connectivity index (χ3n) is 3.85. The maximum absolute atomic E-state index is 12.8. The number of fused-ring (bicyclic) bond motifs is 3. The Balaban J connectivity index is 1.68. The molecular formula is C18H16N2O2S. The van der Waals surface area contributed by atoms with E-state index in [4.69, 9.17) is 4.74 Å². The number of benzene rings is 2. The minimum Gasteiger partial charge on any atom is -0.493 e. The van der Waals surface area contributed by atoms with Crippen molar-refractivity contribution in [3.63, 3.8) is 0 Å². The average molecular weight is 324 g/mol. The van der Waals surface area contributed by atoms with Gasteiger partial charge in [-0.3, -0.25) is 9.69 Å². The van der Waals surface area contributed by atoms with E-state index in [0.29, 0.717) is 6.61 Å². The zero-order valence-corrected chi connectivity index (χ0v) is 13.5. The van der Waals surface area contributed by atoms with Crippen LogP contribution in [0.5, 0.6) is 5.75 Å². The summed E-state index contributed by atoms with van der Waals surface area (Å²) in [5.41, 5.74) is 2.81. The molecule has 116 valence electrons. The van der Waals surface area contributed by atoms with Gasteiger partial charge in [0.2, 0.25) is 0 Å². The van der Waals surface area contributed by atoms with Gasteiger partial charge in [-0.05, 0) is 31.2 Å². The summed E-state index contributed by atoms with van der Waals surface area (Å²) in [7, 11) is 0. The molecule has 0 aromatic heterocycles. The van der Waals surface area contributed by atoms with Crippen LogP contribution in [-0.4, -0.2) is 18.0 Å². The molecule has 1 N–H and O–H groups in total. The standard InChI is InChI=1S/C18H16N2O2S/c1-2-22-15-10-6-3-7-12(15)11-16-17(21)20-14-9-5-4-8-13(14)19-18(20)23-16/h3-11,18-19H,2H2,1H3/b16-11-. The summed E-state index contributed by atoms with van der Waals surface area (Å²) in [4.78, 5) is 15.3. The van der Waals surface area contributed by atoms with E-state index in [1.54, 1.807) is 0 Å². The quantitative estimate of drug-likeness (QED) is 0.869. The topological polar surface area (TPSA) is 41.6 Å². The van der Waals surface area contributed by atoms with E-state index in [-0.39, 0.29) is 11.4 Å². The Kier molecular flexibility index (Phi) is 3.50. The third-order valence-corrected chi connectivity index (χ3v) is 4.95. The molecule has 0 bridgehead atoms. The van der Waals surface area contributed by atoms with Crippen molar-refractivity contribution in [1.29, 1.82) is 0 Å². The molecule has 1 atom stereocenters. The van der Waals surface area contributed by atoms with Crippen molar-refractivity contribution in [2.45, 2.75) is 12.4 Å². The summed E-state index contributed by atoms with van der Waals surface area (Å²) >= 11 is 1.54. The van der Waals surface area contributed by atoms with E-state index in [9.17, 15) is 4.79 Å². The molecule has 2 heterocycles.